The number of benzene rings is 1. The fourth-order valence-corrected chi connectivity index (χ4v) is 1.46. The molecule has 0 radical (unpaired) electrons. The van der Waals surface area contributed by atoms with Crippen LogP contribution < -0.4 is 8.96 Å². The molecule has 0 unspecified atom stereocenters. The molecule has 0 amide bonds. The topological polar surface area (TPSA) is 69.4 Å². The average molecular weight is 300 g/mol. The van der Waals surface area contributed by atoms with Crippen LogP contribution in [0.3, 0.4) is 0 Å². The molecule has 1 rings (SSSR count). The Kier molecular flexibility index (Phi) is 5.21. The van der Waals surface area contributed by atoms with Gasteiger partial charge in [0, 0.05) is 21.7 Å². The number of hydrogen-bond donors (Lipinski definition) is 1. The molecule has 1 aromatic carbocycles. The Balaban J connectivity index is 0.00000144. The van der Waals surface area contributed by atoms with Crippen molar-refractivity contribution in [3.8, 4) is 5.75 Å². The molecule has 0 saturated heterocycles. The molecule has 0 fully saturated rings. The van der Waals surface area contributed by atoms with Crippen LogP contribution in [-0.4, -0.2) is 24.8 Å². The number of nitrogens with two attached hydrogens (primary N) is 1. The van der Waals surface area contributed by atoms with Crippen molar-refractivity contribution in [1.29, 1.82) is 0 Å². The summed E-state index contributed by atoms with van der Waals surface area (Å²) in [5.74, 6) is 0.572. The Labute approximate surface area is 99.9 Å². The summed E-state index contributed by atoms with van der Waals surface area (Å²) in [4.78, 5) is 0.0794. The van der Waals surface area contributed by atoms with Crippen molar-refractivity contribution in [2.75, 3.05) is 0 Å². The molecule has 4 nitrogen and oxygen atoms in total. The number of rotatable bonds is 2. The van der Waals surface area contributed by atoms with E-state index >= 15 is 0 Å². The second-order valence-corrected chi connectivity index (χ2v) is 4.05. The summed E-state index contributed by atoms with van der Waals surface area (Å²) in [5.41, 5.74) is 0. The van der Waals surface area contributed by atoms with E-state index in [-0.39, 0.29) is 26.6 Å². The van der Waals surface area contributed by atoms with E-state index in [4.69, 9.17) is 8.96 Å². The van der Waals surface area contributed by atoms with Crippen LogP contribution in [0.4, 0.5) is 0 Å². The Hall–Kier alpha value is 0.164. The maximum atomic E-state index is 10.8. The van der Waals surface area contributed by atoms with Crippen molar-refractivity contribution in [2.24, 2.45) is 5.14 Å². The number of sulfonamides is 1. The second-order valence-electron chi connectivity index (χ2n) is 2.11. The minimum atomic E-state index is -3.59. The number of primary sulfonamides is 1. The van der Waals surface area contributed by atoms with Crippen LogP contribution in [0.5, 0.6) is 5.75 Å². The van der Waals surface area contributed by atoms with Crippen LogP contribution in [-0.2, 0) is 31.7 Å². The molecule has 0 atom stereocenters. The molecule has 0 aliphatic heterocycles. The van der Waals surface area contributed by atoms with E-state index < -0.39 is 10.0 Å². The Morgan fingerprint density at radius 2 is 1.69 bits per heavy atom. The molecular formula is C6H7NO3SSeTi. The van der Waals surface area contributed by atoms with Crippen LogP contribution in [0.1, 0.15) is 0 Å². The van der Waals surface area contributed by atoms with Crippen LogP contribution in [0.25, 0.3) is 0 Å². The molecule has 0 heterocycles. The molecule has 2 N–H and O–H groups in total. The van der Waals surface area contributed by atoms with Gasteiger partial charge in [-0.25, -0.2) is 0 Å². The van der Waals surface area contributed by atoms with Crippen molar-refractivity contribution in [2.45, 2.75) is 4.90 Å². The summed E-state index contributed by atoms with van der Waals surface area (Å²) in [7, 11) is -3.59. The third kappa shape index (κ3) is 3.81. The molecule has 13 heavy (non-hydrogen) atoms. The van der Waals surface area contributed by atoms with Gasteiger partial charge in [-0.05, 0) is 0 Å². The van der Waals surface area contributed by atoms with E-state index in [1.165, 1.54) is 24.3 Å². The standard InChI is InChI=1S/C6H7NO3SSe.Ti/c7-11(8,9)6-3-1-5(10-12)2-4-6;/h1-4,12H,(H2,7,8,9);. The van der Waals surface area contributed by atoms with Gasteiger partial charge in [0.1, 0.15) is 0 Å². The largest absolute Gasteiger partial charge is 0 e. The summed E-state index contributed by atoms with van der Waals surface area (Å²) in [6, 6.07) is 5.83. The molecule has 0 aromatic heterocycles. The quantitative estimate of drug-likeness (QED) is 0.751. The SMILES string of the molecule is NS(=O)(=O)c1ccc(O[SeH])cc1.[Ti]. The van der Waals surface area contributed by atoms with Crippen LogP contribution >= 0.6 is 0 Å². The van der Waals surface area contributed by atoms with Crippen molar-refractivity contribution < 1.29 is 34.0 Å². The Morgan fingerprint density at radius 1 is 1.23 bits per heavy atom. The fraction of sp³-hybridized carbons (Fsp3) is 0. The van der Waals surface area contributed by atoms with Crippen molar-refractivity contribution in [1.82, 2.24) is 0 Å². The first kappa shape index (κ1) is 13.2. The van der Waals surface area contributed by atoms with E-state index in [0.29, 0.717) is 5.75 Å². The van der Waals surface area contributed by atoms with Gasteiger partial charge >= 0.3 is 78.7 Å². The summed E-state index contributed by atoms with van der Waals surface area (Å²) in [6.45, 7) is 0. The Bertz CT molecular complexity index is 364. The zero-order valence-electron chi connectivity index (χ0n) is 6.47. The first-order valence-electron chi connectivity index (χ1n) is 2.98. The first-order valence-corrected chi connectivity index (χ1v) is 5.29. The van der Waals surface area contributed by atoms with Crippen LogP contribution in [0, 0.1) is 0 Å². The van der Waals surface area contributed by atoms with E-state index in [0.717, 1.165) is 0 Å². The van der Waals surface area contributed by atoms with Gasteiger partial charge in [0.25, 0.3) is 0 Å². The third-order valence-electron chi connectivity index (χ3n) is 1.26. The maximum Gasteiger partial charge on any atom is 0 e. The van der Waals surface area contributed by atoms with Gasteiger partial charge in [0.2, 0.25) is 0 Å². The van der Waals surface area contributed by atoms with Gasteiger partial charge in [0.05, 0.1) is 0 Å². The molecule has 1 aromatic rings. The second kappa shape index (κ2) is 5.15. The summed E-state index contributed by atoms with van der Waals surface area (Å²) in [6.07, 6.45) is 0. The van der Waals surface area contributed by atoms with Gasteiger partial charge in [-0.2, -0.15) is 0 Å². The molecule has 7 heteroatoms. The minimum Gasteiger partial charge on any atom is 0 e. The maximum absolute atomic E-state index is 10.8. The summed E-state index contributed by atoms with van der Waals surface area (Å²) in [5, 5.41) is 4.88. The van der Waals surface area contributed by atoms with Gasteiger partial charge < -0.3 is 0 Å². The van der Waals surface area contributed by atoms with E-state index in [2.05, 4.69) is 0 Å². The zero-order valence-corrected chi connectivity index (χ0v) is 10.7. The fourth-order valence-electron chi connectivity index (χ4n) is 0.690. The molecular weight excluding hydrogens is 293 g/mol. The van der Waals surface area contributed by atoms with E-state index in [1.807, 2.05) is 16.3 Å². The Morgan fingerprint density at radius 3 is 2.00 bits per heavy atom. The predicted octanol–water partition coefficient (Wildman–Crippen LogP) is -0.474. The van der Waals surface area contributed by atoms with Gasteiger partial charge in [-0.1, -0.05) is 0 Å². The first-order chi connectivity index (χ1) is 5.54. The van der Waals surface area contributed by atoms with Gasteiger partial charge in [0.15, 0.2) is 0 Å². The number of hydrogen-bond acceptors (Lipinski definition) is 3. The monoisotopic (exact) mass is 301 g/mol. The van der Waals surface area contributed by atoms with Gasteiger partial charge in [-0.15, -0.1) is 0 Å². The summed E-state index contributed by atoms with van der Waals surface area (Å²) < 4.78 is 26.3. The molecule has 0 aliphatic carbocycles. The third-order valence-corrected chi connectivity index (χ3v) is 2.63. The van der Waals surface area contributed by atoms with E-state index in [1.54, 1.807) is 0 Å². The zero-order chi connectivity index (χ0) is 9.19. The van der Waals surface area contributed by atoms with Crippen molar-refractivity contribution >= 4 is 26.4 Å². The van der Waals surface area contributed by atoms with Gasteiger partial charge in [-0.3, -0.25) is 0 Å². The molecule has 0 aliphatic rings. The smallest absolute Gasteiger partial charge is 0 e. The minimum absolute atomic E-state index is 0. The molecule has 70 valence electrons. The average Bonchev–Trinajstić information content (AvgIpc) is 2.03. The molecule has 0 spiro atoms. The molecule has 0 bridgehead atoms. The van der Waals surface area contributed by atoms with Crippen LogP contribution in [0.2, 0.25) is 0 Å². The van der Waals surface area contributed by atoms with Crippen molar-refractivity contribution in [3.63, 3.8) is 0 Å². The van der Waals surface area contributed by atoms with E-state index in [9.17, 15) is 8.42 Å². The normalized spacial score (nSPS) is 10.3. The summed E-state index contributed by atoms with van der Waals surface area (Å²) >= 11 is 1.92. The predicted molar refractivity (Wildman–Crippen MR) is 45.6 cm³/mol. The van der Waals surface area contributed by atoms with Crippen LogP contribution in [0.15, 0.2) is 29.2 Å². The molecule has 0 saturated carbocycles. The van der Waals surface area contributed by atoms with Crippen molar-refractivity contribution in [3.05, 3.63) is 24.3 Å².